The van der Waals surface area contributed by atoms with Crippen molar-refractivity contribution in [3.63, 3.8) is 0 Å². The maximum atomic E-state index is 10.5. The number of nitrogens with two attached hydrogens (primary N) is 1. The molecule has 0 unspecified atom stereocenters. The van der Waals surface area contributed by atoms with E-state index in [2.05, 4.69) is 19.5 Å². The van der Waals surface area contributed by atoms with Crippen molar-refractivity contribution in [3.05, 3.63) is 12.7 Å². The Morgan fingerprint density at radius 1 is 1.13 bits per heavy atom. The van der Waals surface area contributed by atoms with E-state index in [4.69, 9.17) is 10.5 Å². The number of aliphatic hydroxyl groups is 1. The Balaban J connectivity index is -0.000000128. The number of fused-ring (bicyclic) bond motifs is 1. The maximum absolute atomic E-state index is 10.5. The molecule has 0 radical (unpaired) electrons. The number of nitrogens with zero attached hydrogens (tertiary/aromatic N) is 4. The molecular formula is C10H26N5Na2O13P. The summed E-state index contributed by atoms with van der Waals surface area (Å²) in [6.45, 7) is -0.550. The van der Waals surface area contributed by atoms with Crippen molar-refractivity contribution in [1.82, 2.24) is 19.5 Å². The van der Waals surface area contributed by atoms with Crippen molar-refractivity contribution in [2.45, 2.75) is 24.9 Å². The summed E-state index contributed by atoms with van der Waals surface area (Å²) < 4.78 is 21.7. The molecule has 3 heterocycles. The second-order valence-electron chi connectivity index (χ2n) is 4.76. The van der Waals surface area contributed by atoms with Gasteiger partial charge in [-0.3, -0.25) is 4.57 Å². The normalized spacial score (nSPS) is 18.4. The molecule has 0 amide bonds. The van der Waals surface area contributed by atoms with Crippen LogP contribution < -0.4 is 74.6 Å². The van der Waals surface area contributed by atoms with Gasteiger partial charge in [0.25, 0.3) is 0 Å². The van der Waals surface area contributed by atoms with Crippen LogP contribution in [0.25, 0.3) is 11.2 Å². The number of rotatable bonds is 4. The third kappa shape index (κ3) is 11.7. The van der Waals surface area contributed by atoms with E-state index in [1.165, 1.54) is 12.7 Å². The zero-order chi connectivity index (χ0) is 15.9. The van der Waals surface area contributed by atoms with Crippen LogP contribution in [0.2, 0.25) is 0 Å². The molecule has 1 aliphatic rings. The molecule has 3 rings (SSSR count). The molecule has 21 heteroatoms. The molecule has 3 atom stereocenters. The largest absolute Gasteiger partial charge is 1.00 e. The number of phosphoric acid groups is 1. The van der Waals surface area contributed by atoms with Gasteiger partial charge < -0.3 is 72.8 Å². The molecule has 0 aliphatic carbocycles. The second-order valence-corrected chi connectivity index (χ2v) is 5.91. The first-order valence-electron chi connectivity index (χ1n) is 6.28. The van der Waals surface area contributed by atoms with Crippen molar-refractivity contribution in [2.24, 2.45) is 0 Å². The Bertz CT molecular complexity index is 753. The minimum atomic E-state index is -5.12. The summed E-state index contributed by atoms with van der Waals surface area (Å²) in [5.74, 6) is 0.209. The van der Waals surface area contributed by atoms with Gasteiger partial charge in [-0.05, 0) is 0 Å². The van der Waals surface area contributed by atoms with Gasteiger partial charge in [0, 0.05) is 6.42 Å². The molecule has 18 nitrogen and oxygen atoms in total. The Morgan fingerprint density at radius 2 is 1.68 bits per heavy atom. The molecule has 2 aromatic rings. The fourth-order valence-electron chi connectivity index (χ4n) is 2.28. The van der Waals surface area contributed by atoms with Gasteiger partial charge in [-0.15, -0.1) is 0 Å². The minimum Gasteiger partial charge on any atom is -0.790 e. The van der Waals surface area contributed by atoms with Crippen LogP contribution >= 0.6 is 7.82 Å². The number of phosphoric ester groups is 1. The van der Waals surface area contributed by atoms with Crippen LogP contribution in [0, 0.1) is 0 Å². The Kier molecular flexibility index (Phi) is 30.6. The second kappa shape index (κ2) is 19.6. The van der Waals surface area contributed by atoms with Crippen LogP contribution in [-0.4, -0.2) is 81.8 Å². The number of nitrogen functional groups attached to an aromatic ring is 1. The summed E-state index contributed by atoms with van der Waals surface area (Å²) in [7, 11) is -5.12. The number of ether oxygens (including phenoxy) is 1. The van der Waals surface area contributed by atoms with Crippen molar-refractivity contribution in [3.8, 4) is 0 Å². The smallest absolute Gasteiger partial charge is 0.790 e. The van der Waals surface area contributed by atoms with Crippen molar-refractivity contribution >= 4 is 24.8 Å². The van der Waals surface area contributed by atoms with Crippen LogP contribution in [0.1, 0.15) is 12.6 Å². The first kappa shape index (κ1) is 48.5. The van der Waals surface area contributed by atoms with Gasteiger partial charge in [0.15, 0.2) is 11.5 Å². The Morgan fingerprint density at radius 3 is 2.19 bits per heavy atom. The Labute approximate surface area is 219 Å². The van der Waals surface area contributed by atoms with E-state index in [9.17, 15) is 19.5 Å². The first-order valence-corrected chi connectivity index (χ1v) is 7.74. The van der Waals surface area contributed by atoms with Gasteiger partial charge in [-0.25, -0.2) is 15.0 Å². The molecule has 2 aromatic heterocycles. The van der Waals surface area contributed by atoms with E-state index in [-0.39, 0.29) is 110 Å². The van der Waals surface area contributed by atoms with E-state index < -0.39 is 32.9 Å². The third-order valence-electron chi connectivity index (χ3n) is 3.30. The number of anilines is 1. The van der Waals surface area contributed by atoms with Crippen molar-refractivity contribution in [1.29, 1.82) is 0 Å². The topological polar surface area (TPSA) is 392 Å². The van der Waals surface area contributed by atoms with Gasteiger partial charge in [-0.1, -0.05) is 0 Å². The van der Waals surface area contributed by atoms with Crippen LogP contribution in [0.4, 0.5) is 5.82 Å². The standard InChI is InChI=1S/C10H14N5O6P.2Na.7H2O/c11-9-8-10(13-3-12-9)15(4-14-8)7-1-5(16)6(21-7)2-20-22(17,18)19;;;;;;;;;/h3-7,16H,1-2H2,(H2,11,12,13)(H2,17,18,19);;;7*1H2/q;2*+1;;;;;;;/p-2/t5-,6+,7+;;;;;;;;;/m0........./s1. The van der Waals surface area contributed by atoms with Gasteiger partial charge in [0.1, 0.15) is 24.2 Å². The van der Waals surface area contributed by atoms with Crippen molar-refractivity contribution in [2.75, 3.05) is 12.3 Å². The fourth-order valence-corrected chi connectivity index (χ4v) is 2.61. The summed E-state index contributed by atoms with van der Waals surface area (Å²) in [5.41, 5.74) is 6.49. The van der Waals surface area contributed by atoms with Crippen molar-refractivity contribution < 1.29 is 126 Å². The van der Waals surface area contributed by atoms with Gasteiger partial charge in [0.2, 0.25) is 0 Å². The zero-order valence-corrected chi connectivity index (χ0v) is 21.5. The van der Waals surface area contributed by atoms with Gasteiger partial charge in [-0.2, -0.15) is 0 Å². The maximum Gasteiger partial charge on any atom is 1.00 e. The van der Waals surface area contributed by atoms with Gasteiger partial charge >= 0.3 is 59.1 Å². The summed E-state index contributed by atoms with van der Waals surface area (Å²) in [5, 5.41) is 9.89. The average Bonchev–Trinajstić information content (AvgIpc) is 3.00. The molecule has 1 aliphatic heterocycles. The van der Waals surface area contributed by atoms with E-state index in [0.717, 1.165) is 0 Å². The summed E-state index contributed by atoms with van der Waals surface area (Å²) in [4.78, 5) is 32.9. The van der Waals surface area contributed by atoms with E-state index in [0.29, 0.717) is 11.2 Å². The van der Waals surface area contributed by atoms with E-state index in [1.807, 2.05) is 0 Å². The van der Waals surface area contributed by atoms with Crippen LogP contribution in [-0.2, 0) is 13.8 Å². The monoisotopic (exact) mass is 501 g/mol. The average molecular weight is 501 g/mol. The minimum absolute atomic E-state index is 0. The SMILES string of the molecule is Nc1ncnc2c1ncn2[C@H]1C[C@H](O)[C@@H](COP(=O)([O-])[O-])O1.O.O.O.O.O.O.O.[Na+].[Na+]. The number of aromatic nitrogens is 4. The predicted octanol–water partition coefficient (Wildman–Crippen LogP) is -13.9. The van der Waals surface area contributed by atoms with Crippen LogP contribution in [0.15, 0.2) is 12.7 Å². The molecule has 0 saturated carbocycles. The van der Waals surface area contributed by atoms with E-state index in [1.54, 1.807) is 4.57 Å². The van der Waals surface area contributed by atoms with Crippen LogP contribution in [0.5, 0.6) is 0 Å². The number of aliphatic hydroxyl groups excluding tert-OH is 1. The molecule has 31 heavy (non-hydrogen) atoms. The summed E-state index contributed by atoms with van der Waals surface area (Å²) >= 11 is 0. The fraction of sp³-hybridized carbons (Fsp3) is 0.500. The third-order valence-corrected chi connectivity index (χ3v) is 3.76. The molecule has 0 bridgehead atoms. The molecule has 17 N–H and O–H groups in total. The molecule has 176 valence electrons. The Hall–Kier alpha value is 0.1000. The molecule has 1 saturated heterocycles. The molecule has 1 fully saturated rings. The number of hydrogen-bond donors (Lipinski definition) is 2. The quantitative estimate of drug-likeness (QED) is 0.294. The number of imidazole rings is 1. The van der Waals surface area contributed by atoms with Gasteiger partial charge in [0.05, 0.1) is 26.9 Å². The van der Waals surface area contributed by atoms with E-state index >= 15 is 0 Å². The summed E-state index contributed by atoms with van der Waals surface area (Å²) in [6.07, 6.45) is 0.285. The summed E-state index contributed by atoms with van der Waals surface area (Å²) in [6, 6.07) is 0. The number of hydrogen-bond acceptors (Lipinski definition) is 10. The molecule has 0 spiro atoms. The molecule has 0 aromatic carbocycles. The zero-order valence-electron chi connectivity index (χ0n) is 16.6. The molecular weight excluding hydrogens is 475 g/mol. The first-order chi connectivity index (χ1) is 10.3. The van der Waals surface area contributed by atoms with Crippen LogP contribution in [0.3, 0.4) is 0 Å². The predicted molar refractivity (Wildman–Crippen MR) is 93.1 cm³/mol.